The summed E-state index contributed by atoms with van der Waals surface area (Å²) in [4.78, 5) is 18.3. The van der Waals surface area contributed by atoms with Crippen LogP contribution in [0.25, 0.3) is 10.8 Å². The number of aromatic nitrogens is 1. The summed E-state index contributed by atoms with van der Waals surface area (Å²) in [6.45, 7) is 3.98. The fourth-order valence-corrected chi connectivity index (χ4v) is 4.48. The highest BCUT2D eigenvalue weighted by atomic mass is 32.1. The van der Waals surface area contributed by atoms with Gasteiger partial charge in [-0.3, -0.25) is 4.79 Å². The number of nitrogens with one attached hydrogen (secondary N) is 1. The zero-order chi connectivity index (χ0) is 19.5. The minimum atomic E-state index is -0.00207. The summed E-state index contributed by atoms with van der Waals surface area (Å²) in [7, 11) is 0. The van der Waals surface area contributed by atoms with Gasteiger partial charge >= 0.3 is 0 Å². The van der Waals surface area contributed by atoms with Gasteiger partial charge in [0.15, 0.2) is 0 Å². The van der Waals surface area contributed by atoms with Crippen LogP contribution in [0.3, 0.4) is 0 Å². The Morgan fingerprint density at radius 3 is 2.57 bits per heavy atom. The lowest BCUT2D eigenvalue weighted by molar-refractivity contribution is -0.115. The molecule has 28 heavy (non-hydrogen) atoms. The lowest BCUT2D eigenvalue weighted by atomic mass is 10.0. The fraction of sp³-hybridized carbons (Fsp3) is 0.167. The first-order valence-corrected chi connectivity index (χ1v) is 10.2. The SMILES string of the molecule is Cc1ccccc1NC(=O)Cc1sc(Cc2cccc3ccccc23)nc1C. The fourth-order valence-electron chi connectivity index (χ4n) is 3.39. The van der Waals surface area contributed by atoms with Crippen molar-refractivity contribution in [3.63, 3.8) is 0 Å². The molecule has 0 aliphatic carbocycles. The largest absolute Gasteiger partial charge is 0.326 e. The van der Waals surface area contributed by atoms with Crippen LogP contribution in [0.4, 0.5) is 5.69 Å². The molecule has 0 saturated carbocycles. The monoisotopic (exact) mass is 386 g/mol. The van der Waals surface area contributed by atoms with Gasteiger partial charge in [-0.15, -0.1) is 11.3 Å². The maximum absolute atomic E-state index is 12.5. The van der Waals surface area contributed by atoms with Gasteiger partial charge in [0, 0.05) is 17.0 Å². The topological polar surface area (TPSA) is 42.0 Å². The van der Waals surface area contributed by atoms with E-state index in [1.807, 2.05) is 38.1 Å². The Morgan fingerprint density at radius 1 is 0.964 bits per heavy atom. The zero-order valence-electron chi connectivity index (χ0n) is 16.0. The number of hydrogen-bond donors (Lipinski definition) is 1. The molecule has 0 bridgehead atoms. The Bertz CT molecular complexity index is 1140. The molecule has 0 saturated heterocycles. The second kappa shape index (κ2) is 7.95. The Balaban J connectivity index is 1.50. The number of hydrogen-bond acceptors (Lipinski definition) is 3. The molecule has 1 heterocycles. The number of aryl methyl sites for hydroxylation is 2. The molecule has 1 amide bonds. The van der Waals surface area contributed by atoms with Crippen LogP contribution in [-0.2, 0) is 17.6 Å². The van der Waals surface area contributed by atoms with Gasteiger partial charge in [-0.25, -0.2) is 4.98 Å². The minimum Gasteiger partial charge on any atom is -0.326 e. The molecule has 0 fully saturated rings. The van der Waals surface area contributed by atoms with E-state index >= 15 is 0 Å². The molecular formula is C24H22N2OS. The molecule has 140 valence electrons. The van der Waals surface area contributed by atoms with Crippen LogP contribution in [0.15, 0.2) is 66.7 Å². The molecule has 0 radical (unpaired) electrons. The van der Waals surface area contributed by atoms with Crippen molar-refractivity contribution in [3.8, 4) is 0 Å². The van der Waals surface area contributed by atoms with Crippen LogP contribution in [0.2, 0.25) is 0 Å². The van der Waals surface area contributed by atoms with Crippen molar-refractivity contribution in [1.82, 2.24) is 4.98 Å². The van der Waals surface area contributed by atoms with E-state index in [9.17, 15) is 4.79 Å². The summed E-state index contributed by atoms with van der Waals surface area (Å²) in [5.41, 5.74) is 4.14. The Hall–Kier alpha value is -2.98. The van der Waals surface area contributed by atoms with Gasteiger partial charge in [0.25, 0.3) is 0 Å². The van der Waals surface area contributed by atoms with Crippen molar-refractivity contribution in [2.24, 2.45) is 0 Å². The Kier molecular flexibility index (Phi) is 5.22. The van der Waals surface area contributed by atoms with E-state index in [1.165, 1.54) is 16.3 Å². The molecule has 4 aromatic rings. The van der Waals surface area contributed by atoms with Crippen LogP contribution in [0.5, 0.6) is 0 Å². The van der Waals surface area contributed by atoms with E-state index in [1.54, 1.807) is 11.3 Å². The molecule has 0 atom stereocenters. The number of carbonyl (C=O) groups excluding carboxylic acids is 1. The van der Waals surface area contributed by atoms with Crippen molar-refractivity contribution in [1.29, 1.82) is 0 Å². The van der Waals surface area contributed by atoms with Gasteiger partial charge in [0.05, 0.1) is 17.1 Å². The number of amides is 1. The highest BCUT2D eigenvalue weighted by molar-refractivity contribution is 7.11. The van der Waals surface area contributed by atoms with Crippen LogP contribution in [0, 0.1) is 13.8 Å². The third kappa shape index (κ3) is 3.97. The van der Waals surface area contributed by atoms with Gasteiger partial charge in [0.2, 0.25) is 5.91 Å². The summed E-state index contributed by atoms with van der Waals surface area (Å²) in [6.07, 6.45) is 1.14. The summed E-state index contributed by atoms with van der Waals surface area (Å²) in [5, 5.41) is 6.56. The van der Waals surface area contributed by atoms with Gasteiger partial charge in [-0.2, -0.15) is 0 Å². The second-order valence-corrected chi connectivity index (χ2v) is 8.14. The number of fused-ring (bicyclic) bond motifs is 1. The molecule has 0 aliphatic heterocycles. The average molecular weight is 387 g/mol. The third-order valence-corrected chi connectivity index (χ3v) is 6.06. The lowest BCUT2D eigenvalue weighted by Gasteiger charge is -2.07. The van der Waals surface area contributed by atoms with Gasteiger partial charge in [-0.1, -0.05) is 60.7 Å². The first-order valence-electron chi connectivity index (χ1n) is 9.37. The summed E-state index contributed by atoms with van der Waals surface area (Å²) in [5.74, 6) is -0.00207. The van der Waals surface area contributed by atoms with E-state index in [-0.39, 0.29) is 5.91 Å². The lowest BCUT2D eigenvalue weighted by Crippen LogP contribution is -2.14. The standard InChI is InChI=1S/C24H22N2OS/c1-16-8-3-6-13-21(16)26-23(27)15-22-17(2)25-24(28-22)14-19-11-7-10-18-9-4-5-12-20(18)19/h3-13H,14-15H2,1-2H3,(H,26,27). The van der Waals surface area contributed by atoms with Crippen molar-refractivity contribution in [2.75, 3.05) is 5.32 Å². The molecular weight excluding hydrogens is 364 g/mol. The molecule has 4 rings (SSSR count). The number of benzene rings is 3. The van der Waals surface area contributed by atoms with Gasteiger partial charge < -0.3 is 5.32 Å². The Labute approximate surface area is 169 Å². The molecule has 4 heteroatoms. The summed E-state index contributed by atoms with van der Waals surface area (Å²) < 4.78 is 0. The maximum Gasteiger partial charge on any atom is 0.229 e. The van der Waals surface area contributed by atoms with E-state index in [0.29, 0.717) is 6.42 Å². The summed E-state index contributed by atoms with van der Waals surface area (Å²) >= 11 is 1.63. The molecule has 0 aliphatic rings. The van der Waals surface area contributed by atoms with Crippen molar-refractivity contribution in [2.45, 2.75) is 26.7 Å². The van der Waals surface area contributed by atoms with Crippen LogP contribution in [0.1, 0.15) is 26.7 Å². The molecule has 1 N–H and O–H groups in total. The maximum atomic E-state index is 12.5. The number of rotatable bonds is 5. The first kappa shape index (κ1) is 18.4. The van der Waals surface area contributed by atoms with E-state index in [4.69, 9.17) is 4.98 Å². The van der Waals surface area contributed by atoms with Crippen molar-refractivity contribution < 1.29 is 4.79 Å². The predicted octanol–water partition coefficient (Wildman–Crippen LogP) is 5.69. The number of para-hydroxylation sites is 1. The molecule has 0 unspecified atom stereocenters. The zero-order valence-corrected chi connectivity index (χ0v) is 16.8. The van der Waals surface area contributed by atoms with E-state index in [0.717, 1.165) is 33.3 Å². The number of nitrogens with zero attached hydrogens (tertiary/aromatic N) is 1. The van der Waals surface area contributed by atoms with Gasteiger partial charge in [-0.05, 0) is 41.8 Å². The summed E-state index contributed by atoms with van der Waals surface area (Å²) in [6, 6.07) is 22.6. The molecule has 1 aromatic heterocycles. The highest BCUT2D eigenvalue weighted by Gasteiger charge is 2.14. The van der Waals surface area contributed by atoms with Crippen LogP contribution >= 0.6 is 11.3 Å². The minimum absolute atomic E-state index is 0.00207. The highest BCUT2D eigenvalue weighted by Crippen LogP contribution is 2.26. The van der Waals surface area contributed by atoms with Crippen molar-refractivity contribution >= 4 is 33.7 Å². The van der Waals surface area contributed by atoms with E-state index < -0.39 is 0 Å². The van der Waals surface area contributed by atoms with Crippen LogP contribution in [-0.4, -0.2) is 10.9 Å². The molecule has 0 spiro atoms. The Morgan fingerprint density at radius 2 is 1.71 bits per heavy atom. The normalized spacial score (nSPS) is 10.9. The first-order chi connectivity index (χ1) is 13.6. The number of anilines is 1. The van der Waals surface area contributed by atoms with Gasteiger partial charge in [0.1, 0.15) is 0 Å². The molecule has 3 aromatic carbocycles. The predicted molar refractivity (Wildman–Crippen MR) is 117 cm³/mol. The molecule has 3 nitrogen and oxygen atoms in total. The smallest absolute Gasteiger partial charge is 0.229 e. The van der Waals surface area contributed by atoms with Crippen LogP contribution < -0.4 is 5.32 Å². The van der Waals surface area contributed by atoms with E-state index in [2.05, 4.69) is 47.8 Å². The number of thiazole rings is 1. The number of carbonyl (C=O) groups is 1. The van der Waals surface area contributed by atoms with Crippen molar-refractivity contribution in [3.05, 3.63) is 93.4 Å². The quantitative estimate of drug-likeness (QED) is 0.479. The average Bonchev–Trinajstić information content (AvgIpc) is 3.03. The second-order valence-electron chi connectivity index (χ2n) is 6.97. The third-order valence-electron chi connectivity index (χ3n) is 4.90.